The van der Waals surface area contributed by atoms with E-state index in [4.69, 9.17) is 0 Å². The maximum Gasteiger partial charge on any atom is 0.395 e. The number of aromatic nitrogens is 1. The van der Waals surface area contributed by atoms with Gasteiger partial charge in [0.2, 0.25) is 11.5 Å². The molecule has 1 aliphatic heterocycles. The summed E-state index contributed by atoms with van der Waals surface area (Å²) in [6, 6.07) is 7.56. The molecule has 2 aromatic rings. The van der Waals surface area contributed by atoms with Crippen LogP contribution in [0.3, 0.4) is 0 Å². The molecule has 1 aromatic carbocycles. The van der Waals surface area contributed by atoms with Gasteiger partial charge in [0.15, 0.2) is 11.5 Å². The van der Waals surface area contributed by atoms with Gasteiger partial charge in [-0.2, -0.15) is 8.78 Å². The largest absolute Gasteiger partial charge is 0.504 e. The SMILES string of the molecule is CC1=CC(C)(NC(=O)CCCCc2ccc(O)c(OC(C)(F)F)c2)NC(c2ccc(=O)[nH]c2C)=C1. The molecule has 9 heteroatoms. The predicted octanol–water partition coefficient (Wildman–Crippen LogP) is 4.52. The van der Waals surface area contributed by atoms with E-state index in [1.54, 1.807) is 12.1 Å². The number of halogens is 2. The van der Waals surface area contributed by atoms with Crippen molar-refractivity contribution in [1.29, 1.82) is 0 Å². The summed E-state index contributed by atoms with van der Waals surface area (Å²) < 4.78 is 30.7. The second-order valence-corrected chi connectivity index (χ2v) is 9.10. The molecule has 1 atom stereocenters. The number of phenolic OH excluding ortho intramolecular Hbond substituents is 1. The van der Waals surface area contributed by atoms with E-state index in [2.05, 4.69) is 20.4 Å². The molecule has 0 bridgehead atoms. The Morgan fingerprint density at radius 3 is 2.63 bits per heavy atom. The average molecular weight is 488 g/mol. The standard InChI is InChI=1S/C26H31F2N3O4/c1-16-13-20(19-10-12-23(33)29-17(19)2)30-25(3,15-16)31-24(34)8-6-5-7-18-9-11-21(32)22(14-18)35-26(4,27)28/h9-15,30,32H,5-8H2,1-4H3,(H,29,33)(H,31,34). The highest BCUT2D eigenvalue weighted by Crippen LogP contribution is 2.32. The zero-order valence-corrected chi connectivity index (χ0v) is 20.3. The molecule has 35 heavy (non-hydrogen) atoms. The highest BCUT2D eigenvalue weighted by Gasteiger charge is 2.28. The number of dihydropyridines is 1. The van der Waals surface area contributed by atoms with Crippen LogP contribution in [0.2, 0.25) is 0 Å². The lowest BCUT2D eigenvalue weighted by molar-refractivity contribution is -0.159. The topological polar surface area (TPSA) is 103 Å². The van der Waals surface area contributed by atoms with Crippen molar-refractivity contribution >= 4 is 11.6 Å². The Bertz CT molecular complexity index is 1210. The number of aromatic hydroxyl groups is 1. The zero-order valence-electron chi connectivity index (χ0n) is 20.3. The van der Waals surface area contributed by atoms with Gasteiger partial charge in [-0.15, -0.1) is 0 Å². The minimum Gasteiger partial charge on any atom is -0.504 e. The molecule has 1 unspecified atom stereocenters. The fraction of sp³-hybridized carbons (Fsp3) is 0.385. The fourth-order valence-corrected chi connectivity index (χ4v) is 4.11. The number of benzene rings is 1. The van der Waals surface area contributed by atoms with Crippen molar-refractivity contribution in [2.24, 2.45) is 0 Å². The second-order valence-electron chi connectivity index (χ2n) is 9.10. The van der Waals surface area contributed by atoms with Gasteiger partial charge in [-0.3, -0.25) is 9.59 Å². The molecule has 188 valence electrons. The third-order valence-electron chi connectivity index (χ3n) is 5.52. The van der Waals surface area contributed by atoms with Gasteiger partial charge >= 0.3 is 6.11 Å². The number of phenols is 1. The summed E-state index contributed by atoms with van der Waals surface area (Å²) in [5.41, 5.74) is 3.08. The van der Waals surface area contributed by atoms with Gasteiger partial charge in [-0.25, -0.2) is 0 Å². The van der Waals surface area contributed by atoms with E-state index >= 15 is 0 Å². The summed E-state index contributed by atoms with van der Waals surface area (Å²) in [5, 5.41) is 16.1. The molecule has 1 aliphatic rings. The van der Waals surface area contributed by atoms with Crippen LogP contribution < -0.4 is 20.9 Å². The number of alkyl halides is 2. The third kappa shape index (κ3) is 7.43. The van der Waals surface area contributed by atoms with Crippen LogP contribution in [0.1, 0.15) is 56.9 Å². The highest BCUT2D eigenvalue weighted by atomic mass is 19.3. The van der Waals surface area contributed by atoms with Crippen LogP contribution in [0.4, 0.5) is 8.78 Å². The molecule has 1 aromatic heterocycles. The van der Waals surface area contributed by atoms with Crippen LogP contribution in [-0.4, -0.2) is 27.8 Å². The van der Waals surface area contributed by atoms with E-state index in [1.807, 2.05) is 32.9 Å². The molecule has 0 aliphatic carbocycles. The number of aryl methyl sites for hydroxylation is 2. The van der Waals surface area contributed by atoms with Crippen molar-refractivity contribution in [3.8, 4) is 11.5 Å². The fourth-order valence-electron chi connectivity index (χ4n) is 4.11. The molecule has 7 nitrogen and oxygen atoms in total. The van der Waals surface area contributed by atoms with Crippen molar-refractivity contribution < 1.29 is 23.4 Å². The van der Waals surface area contributed by atoms with E-state index in [0.717, 1.165) is 28.1 Å². The number of unbranched alkanes of at least 4 members (excludes halogenated alkanes) is 1. The summed E-state index contributed by atoms with van der Waals surface area (Å²) in [5.74, 6) is -0.756. The number of H-pyrrole nitrogens is 1. The molecule has 1 amide bonds. The first-order chi connectivity index (χ1) is 16.3. The van der Waals surface area contributed by atoms with Crippen molar-refractivity contribution in [3.05, 3.63) is 75.2 Å². The second kappa shape index (κ2) is 10.3. The minimum atomic E-state index is -3.39. The van der Waals surface area contributed by atoms with Crippen LogP contribution in [0.15, 0.2) is 52.9 Å². The Morgan fingerprint density at radius 2 is 1.94 bits per heavy atom. The van der Waals surface area contributed by atoms with Crippen LogP contribution in [0.5, 0.6) is 11.5 Å². The Balaban J connectivity index is 1.54. The summed E-state index contributed by atoms with van der Waals surface area (Å²) in [4.78, 5) is 27.0. The lowest BCUT2D eigenvalue weighted by atomic mass is 9.98. The predicted molar refractivity (Wildman–Crippen MR) is 130 cm³/mol. The monoisotopic (exact) mass is 487 g/mol. The van der Waals surface area contributed by atoms with Crippen LogP contribution >= 0.6 is 0 Å². The van der Waals surface area contributed by atoms with Crippen molar-refractivity contribution in [2.75, 3.05) is 0 Å². The van der Waals surface area contributed by atoms with Gasteiger partial charge in [0.1, 0.15) is 5.66 Å². The molecule has 0 fully saturated rings. The minimum absolute atomic E-state index is 0.135. The number of hydrogen-bond donors (Lipinski definition) is 4. The van der Waals surface area contributed by atoms with Crippen LogP contribution in [0.25, 0.3) is 5.70 Å². The van der Waals surface area contributed by atoms with E-state index in [-0.39, 0.29) is 29.4 Å². The maximum absolute atomic E-state index is 13.1. The molecule has 0 saturated heterocycles. The summed E-state index contributed by atoms with van der Waals surface area (Å²) >= 11 is 0. The van der Waals surface area contributed by atoms with Crippen molar-refractivity contribution in [3.63, 3.8) is 0 Å². The first-order valence-corrected chi connectivity index (χ1v) is 11.4. The quantitative estimate of drug-likeness (QED) is 0.390. The third-order valence-corrected chi connectivity index (χ3v) is 5.52. The molecule has 3 rings (SSSR count). The average Bonchev–Trinajstić information content (AvgIpc) is 2.71. The lowest BCUT2D eigenvalue weighted by Crippen LogP contribution is -2.55. The normalized spacial score (nSPS) is 17.8. The van der Waals surface area contributed by atoms with E-state index in [0.29, 0.717) is 26.2 Å². The van der Waals surface area contributed by atoms with Gasteiger partial charge < -0.3 is 25.5 Å². The smallest absolute Gasteiger partial charge is 0.395 e. The first-order valence-electron chi connectivity index (χ1n) is 11.4. The molecule has 0 saturated carbocycles. The molecular formula is C26H31F2N3O4. The molecule has 0 radical (unpaired) electrons. The summed E-state index contributed by atoms with van der Waals surface area (Å²) in [7, 11) is 0. The number of ether oxygens (including phenoxy) is 1. The molecule has 4 N–H and O–H groups in total. The van der Waals surface area contributed by atoms with Crippen molar-refractivity contribution in [1.82, 2.24) is 15.6 Å². The lowest BCUT2D eigenvalue weighted by Gasteiger charge is -2.35. The van der Waals surface area contributed by atoms with Crippen LogP contribution in [0, 0.1) is 6.92 Å². The Morgan fingerprint density at radius 1 is 1.20 bits per heavy atom. The van der Waals surface area contributed by atoms with E-state index in [1.165, 1.54) is 18.2 Å². The maximum atomic E-state index is 13.1. The number of rotatable bonds is 9. The highest BCUT2D eigenvalue weighted by molar-refractivity contribution is 5.78. The summed E-state index contributed by atoms with van der Waals surface area (Å²) in [6.45, 7) is 6.23. The Hall–Kier alpha value is -3.62. The summed E-state index contributed by atoms with van der Waals surface area (Å²) in [6.07, 6.45) is 2.57. The number of allylic oxidation sites excluding steroid dienone is 2. The number of amides is 1. The van der Waals surface area contributed by atoms with Crippen molar-refractivity contribution in [2.45, 2.75) is 65.1 Å². The van der Waals surface area contributed by atoms with Crippen LogP contribution in [-0.2, 0) is 11.2 Å². The molecule has 0 spiro atoms. The number of carbonyl (C=O) groups is 1. The van der Waals surface area contributed by atoms with Gasteiger partial charge in [0, 0.05) is 36.4 Å². The number of hydrogen-bond acceptors (Lipinski definition) is 5. The molecular weight excluding hydrogens is 456 g/mol. The Kier molecular flexibility index (Phi) is 7.67. The van der Waals surface area contributed by atoms with E-state index in [9.17, 15) is 23.5 Å². The van der Waals surface area contributed by atoms with Gasteiger partial charge in [-0.05, 0) is 81.5 Å². The van der Waals surface area contributed by atoms with Gasteiger partial charge in [0.25, 0.3) is 0 Å². The number of nitrogens with one attached hydrogen (secondary N) is 3. The van der Waals surface area contributed by atoms with E-state index < -0.39 is 11.8 Å². The number of carbonyl (C=O) groups excluding carboxylic acids is 1. The first kappa shape index (κ1) is 26.0. The Labute approximate surface area is 202 Å². The number of aromatic amines is 1. The molecule has 2 heterocycles. The number of pyridine rings is 1. The van der Waals surface area contributed by atoms with Gasteiger partial charge in [0.05, 0.1) is 0 Å². The van der Waals surface area contributed by atoms with Gasteiger partial charge in [-0.1, -0.05) is 6.07 Å². The zero-order chi connectivity index (χ0) is 25.8.